The van der Waals surface area contributed by atoms with Crippen LogP contribution in [0.1, 0.15) is 28.7 Å². The number of nitrogens with one attached hydrogen (secondary N) is 2. The summed E-state index contributed by atoms with van der Waals surface area (Å²) >= 11 is 3.36. The van der Waals surface area contributed by atoms with Crippen molar-refractivity contribution >= 4 is 23.5 Å². The molecule has 2 aromatic heterocycles. The van der Waals surface area contributed by atoms with Crippen LogP contribution in [0.25, 0.3) is 22.8 Å². The molecule has 1 aliphatic rings. The lowest BCUT2D eigenvalue weighted by Crippen LogP contribution is -2.18. The van der Waals surface area contributed by atoms with Crippen LogP contribution >= 0.6 is 23.5 Å². The van der Waals surface area contributed by atoms with Gasteiger partial charge in [0.25, 0.3) is 0 Å². The van der Waals surface area contributed by atoms with E-state index < -0.39 is 0 Å². The minimum absolute atomic E-state index is 0.428. The van der Waals surface area contributed by atoms with Crippen LogP contribution in [-0.4, -0.2) is 41.3 Å². The second kappa shape index (κ2) is 16.7. The minimum atomic E-state index is 0.428. The van der Waals surface area contributed by atoms with Gasteiger partial charge in [-0.2, -0.15) is 0 Å². The molecule has 1 aliphatic heterocycles. The van der Waals surface area contributed by atoms with Crippen LogP contribution in [0, 0.1) is 0 Å². The Labute approximate surface area is 316 Å². The topological polar surface area (TPSA) is 104 Å². The molecule has 7 aromatic rings. The van der Waals surface area contributed by atoms with E-state index in [1.807, 2.05) is 82.1 Å². The number of fused-ring (bicyclic) bond motifs is 6. The molecule has 0 spiro atoms. The Morgan fingerprint density at radius 1 is 0.491 bits per heavy atom. The molecular weight excluding hydrogens is 701 g/mol. The van der Waals surface area contributed by atoms with Gasteiger partial charge in [0.15, 0.2) is 11.6 Å². The smallest absolute Gasteiger partial charge is 0.210 e. The van der Waals surface area contributed by atoms with E-state index in [2.05, 4.69) is 91.9 Å². The van der Waals surface area contributed by atoms with Crippen LogP contribution in [0.2, 0.25) is 0 Å². The first-order valence-electron chi connectivity index (χ1n) is 17.5. The van der Waals surface area contributed by atoms with Gasteiger partial charge in [0.2, 0.25) is 10.3 Å². The maximum atomic E-state index is 6.42. The monoisotopic (exact) mass is 738 g/mol. The Morgan fingerprint density at radius 2 is 0.943 bits per heavy atom. The summed E-state index contributed by atoms with van der Waals surface area (Å²) in [5.74, 6) is 4.85. The molecule has 5 aromatic carbocycles. The maximum absolute atomic E-state index is 6.42. The summed E-state index contributed by atoms with van der Waals surface area (Å²) in [6.45, 7) is 1.91. The highest BCUT2D eigenvalue weighted by Gasteiger charge is 2.18. The van der Waals surface area contributed by atoms with Gasteiger partial charge in [0.1, 0.15) is 24.7 Å². The average molecular weight is 739 g/mol. The first kappa shape index (κ1) is 34.4. The predicted molar refractivity (Wildman–Crippen MR) is 211 cm³/mol. The van der Waals surface area contributed by atoms with E-state index in [9.17, 15) is 0 Å². The quantitative estimate of drug-likeness (QED) is 0.180. The Morgan fingerprint density at radius 3 is 1.43 bits per heavy atom. The number of hydrogen-bond donors (Lipinski definition) is 2. The summed E-state index contributed by atoms with van der Waals surface area (Å²) in [6, 6.07) is 44.9. The molecule has 0 amide bonds. The van der Waals surface area contributed by atoms with E-state index in [1.165, 1.54) is 0 Å². The summed E-state index contributed by atoms with van der Waals surface area (Å²) in [6.07, 6.45) is 0.921. The molecule has 2 N–H and O–H groups in total. The minimum Gasteiger partial charge on any atom is -0.489 e. The third kappa shape index (κ3) is 8.34. The van der Waals surface area contributed by atoms with E-state index in [0.717, 1.165) is 84.8 Å². The largest absolute Gasteiger partial charge is 0.489 e. The van der Waals surface area contributed by atoms with Gasteiger partial charge in [0.05, 0.1) is 13.1 Å². The van der Waals surface area contributed by atoms with Crippen molar-refractivity contribution in [3.8, 4) is 34.3 Å². The van der Waals surface area contributed by atoms with Crippen LogP contribution in [0.4, 0.5) is 0 Å². The van der Waals surface area contributed by atoms with E-state index in [4.69, 9.17) is 9.47 Å². The van der Waals surface area contributed by atoms with Crippen LogP contribution < -0.4 is 20.3 Å². The zero-order valence-electron chi connectivity index (χ0n) is 29.0. The Kier molecular flexibility index (Phi) is 10.9. The maximum Gasteiger partial charge on any atom is 0.210 e. The van der Waals surface area contributed by atoms with Gasteiger partial charge in [-0.25, -0.2) is 9.35 Å². The fourth-order valence-electron chi connectivity index (χ4n) is 5.99. The van der Waals surface area contributed by atoms with Gasteiger partial charge in [-0.05, 0) is 35.7 Å². The molecule has 0 saturated heterocycles. The van der Waals surface area contributed by atoms with E-state index in [1.54, 1.807) is 23.5 Å². The molecule has 0 atom stereocenters. The highest BCUT2D eigenvalue weighted by molar-refractivity contribution is 8.00. The number of rotatable bonds is 2. The summed E-state index contributed by atoms with van der Waals surface area (Å²) < 4.78 is 16.8. The summed E-state index contributed by atoms with van der Waals surface area (Å²) in [5.41, 5.74) is 13.4. The number of ether oxygens (including phenoxy) is 2. The fraction of sp³-hybridized carbons (Fsp3) is 0.171. The fourth-order valence-corrected chi connectivity index (χ4v) is 7.87. The number of para-hydroxylation sites is 2. The third-order valence-electron chi connectivity index (χ3n) is 8.66. The zero-order valence-corrected chi connectivity index (χ0v) is 30.6. The molecule has 53 heavy (non-hydrogen) atoms. The second-order valence-electron chi connectivity index (χ2n) is 12.3. The van der Waals surface area contributed by atoms with Gasteiger partial charge < -0.3 is 20.3 Å². The van der Waals surface area contributed by atoms with Crippen molar-refractivity contribution in [2.75, 3.05) is 22.4 Å². The normalized spacial score (nSPS) is 14.0. The summed E-state index contributed by atoms with van der Waals surface area (Å²) in [4.78, 5) is 0. The van der Waals surface area contributed by atoms with Gasteiger partial charge in [0, 0.05) is 33.8 Å². The summed E-state index contributed by atoms with van der Waals surface area (Å²) in [7, 11) is 0. The molecule has 8 rings (SSSR count). The average Bonchev–Trinajstić information content (AvgIpc) is 3.82. The number of nitrogens with zero attached hydrogens (tertiary/aromatic N) is 6. The first-order valence-corrected chi connectivity index (χ1v) is 19.5. The van der Waals surface area contributed by atoms with Crippen molar-refractivity contribution in [1.29, 1.82) is 0 Å². The van der Waals surface area contributed by atoms with Crippen LogP contribution in [0.5, 0.6) is 11.5 Å². The zero-order chi connectivity index (χ0) is 35.7. The molecule has 266 valence electrons. The van der Waals surface area contributed by atoms with Crippen LogP contribution in [0.3, 0.4) is 0 Å². The van der Waals surface area contributed by atoms with Crippen molar-refractivity contribution in [1.82, 2.24) is 29.7 Å². The lowest BCUT2D eigenvalue weighted by molar-refractivity contribution is 0.296. The van der Waals surface area contributed by atoms with Gasteiger partial charge in [-0.15, -0.1) is 20.4 Å². The molecule has 0 saturated carbocycles. The first-order chi connectivity index (χ1) is 26.3. The number of thioether (sulfide) groups is 2. The molecule has 0 radical (unpaired) electrons. The molecule has 12 heteroatoms. The van der Waals surface area contributed by atoms with Crippen molar-refractivity contribution in [2.24, 2.45) is 0 Å². The van der Waals surface area contributed by atoms with E-state index in [0.29, 0.717) is 26.3 Å². The predicted octanol–water partition coefficient (Wildman–Crippen LogP) is 8.44. The molecule has 3 heterocycles. The summed E-state index contributed by atoms with van der Waals surface area (Å²) in [5, 5.41) is 20.0. The molecular formula is C41H38N8O2S2. The third-order valence-corrected chi connectivity index (χ3v) is 10.7. The number of benzene rings is 5. The van der Waals surface area contributed by atoms with E-state index in [-0.39, 0.29) is 0 Å². The van der Waals surface area contributed by atoms with Crippen molar-refractivity contribution < 1.29 is 9.47 Å². The van der Waals surface area contributed by atoms with Gasteiger partial charge in [-0.3, -0.25) is 0 Å². The van der Waals surface area contributed by atoms with Crippen molar-refractivity contribution in [3.63, 3.8) is 0 Å². The standard InChI is InChI=1S/C41H38N8O2S2/c1-3-15-32(16-4-1)38-44-46-40-48(38)42-26-34-19-7-9-21-36(34)50-28-30-13-11-14-31(25-30)29-51-37-22-10-8-20-35(37)27-43-49-39(33-17-5-2-6-18-33)45-47-41(49)53-24-12-23-52-40/h1-11,13-22,25,42-43H,12,23-24,26-29H2. The molecule has 0 fully saturated rings. The Balaban J connectivity index is 1.09. The lowest BCUT2D eigenvalue weighted by atomic mass is 10.1. The van der Waals surface area contributed by atoms with Crippen molar-refractivity contribution in [3.05, 3.63) is 156 Å². The molecule has 0 aliphatic carbocycles. The Bertz CT molecular complexity index is 2110. The van der Waals surface area contributed by atoms with Gasteiger partial charge in [-0.1, -0.05) is 139 Å². The second-order valence-corrected chi connectivity index (χ2v) is 14.5. The van der Waals surface area contributed by atoms with Crippen molar-refractivity contribution in [2.45, 2.75) is 43.0 Å². The van der Waals surface area contributed by atoms with Gasteiger partial charge >= 0.3 is 0 Å². The highest BCUT2D eigenvalue weighted by Crippen LogP contribution is 2.28. The highest BCUT2D eigenvalue weighted by atomic mass is 32.2. The number of hydrogen-bond acceptors (Lipinski definition) is 10. The number of aromatic nitrogens is 6. The molecule has 10 nitrogen and oxygen atoms in total. The molecule has 0 unspecified atom stereocenters. The molecule has 2 bridgehead atoms. The van der Waals surface area contributed by atoms with Crippen LogP contribution in [0.15, 0.2) is 144 Å². The van der Waals surface area contributed by atoms with E-state index >= 15 is 0 Å². The lowest BCUT2D eigenvalue weighted by Gasteiger charge is -2.17. The Hall–Kier alpha value is -5.72. The van der Waals surface area contributed by atoms with Crippen LogP contribution in [-0.2, 0) is 26.3 Å². The SMILES string of the molecule is c1ccc(-c2nnc3n2NCc2ccccc2OCc2cccc(c2)COc2ccccc2CNn2c(nnc2-c2ccccc2)SCCCS3)cc1.